The average molecular weight is 440 g/mol. The quantitative estimate of drug-likeness (QED) is 0.578. The monoisotopic (exact) mass is 437 g/mol. The Labute approximate surface area is 134 Å². The van der Waals surface area contributed by atoms with Crippen molar-refractivity contribution in [2.24, 2.45) is 5.92 Å². The van der Waals surface area contributed by atoms with Crippen LogP contribution in [-0.2, 0) is 0 Å². The fraction of sp³-hybridized carbons (Fsp3) is 0.571. The summed E-state index contributed by atoms with van der Waals surface area (Å²) in [6, 6.07) is 4.79. The fourth-order valence-corrected chi connectivity index (χ4v) is 5.16. The van der Waals surface area contributed by atoms with Crippen LogP contribution in [0.15, 0.2) is 25.6 Å². The normalized spacial score (nSPS) is 24.0. The minimum absolute atomic E-state index is 0.609. The Bertz CT molecular complexity index is 396. The molecule has 100 valence electrons. The summed E-state index contributed by atoms with van der Waals surface area (Å²) < 4.78 is 3.31. The van der Waals surface area contributed by atoms with E-state index in [1.807, 2.05) is 0 Å². The van der Waals surface area contributed by atoms with Gasteiger partial charge in [-0.05, 0) is 62.8 Å². The molecule has 1 aromatic rings. The number of benzene rings is 1. The van der Waals surface area contributed by atoms with Gasteiger partial charge in [-0.15, -0.1) is 0 Å². The molecule has 18 heavy (non-hydrogen) atoms. The van der Waals surface area contributed by atoms with E-state index in [0.717, 1.165) is 19.3 Å². The zero-order chi connectivity index (χ0) is 13.1. The zero-order valence-corrected chi connectivity index (χ0v) is 15.2. The van der Waals surface area contributed by atoms with Crippen LogP contribution in [0.3, 0.4) is 0 Å². The summed E-state index contributed by atoms with van der Waals surface area (Å²) in [5.41, 5.74) is 1.18. The Balaban J connectivity index is 2.09. The van der Waals surface area contributed by atoms with Gasteiger partial charge in [-0.3, -0.25) is 0 Å². The van der Waals surface area contributed by atoms with E-state index in [9.17, 15) is 0 Å². The summed E-state index contributed by atoms with van der Waals surface area (Å²) in [4.78, 5) is 0. The summed E-state index contributed by atoms with van der Waals surface area (Å²) in [5, 5.41) is 3.69. The van der Waals surface area contributed by atoms with Gasteiger partial charge in [0.05, 0.1) is 5.69 Å². The van der Waals surface area contributed by atoms with Crippen molar-refractivity contribution in [2.45, 2.75) is 45.1 Å². The zero-order valence-electron chi connectivity index (χ0n) is 10.5. The smallest absolute Gasteiger partial charge is 0.0631 e. The SMILES string of the molecule is CCC1CCCC(Nc2c(Br)cc(Br)cc2Br)C1. The second kappa shape index (κ2) is 6.76. The third kappa shape index (κ3) is 3.73. The molecule has 0 saturated heterocycles. The molecule has 2 unspecified atom stereocenters. The van der Waals surface area contributed by atoms with Crippen LogP contribution in [0.25, 0.3) is 0 Å². The van der Waals surface area contributed by atoms with Crippen LogP contribution >= 0.6 is 47.8 Å². The van der Waals surface area contributed by atoms with Crippen molar-refractivity contribution in [3.63, 3.8) is 0 Å². The molecule has 0 radical (unpaired) electrons. The van der Waals surface area contributed by atoms with Crippen LogP contribution in [0.5, 0.6) is 0 Å². The molecular formula is C14H18Br3N. The second-order valence-electron chi connectivity index (χ2n) is 5.03. The maximum absolute atomic E-state index is 3.69. The summed E-state index contributed by atoms with van der Waals surface area (Å²) in [6.07, 6.45) is 6.64. The molecular weight excluding hydrogens is 422 g/mol. The molecule has 0 spiro atoms. The molecule has 1 aliphatic carbocycles. The first kappa shape index (κ1) is 14.9. The highest BCUT2D eigenvalue weighted by molar-refractivity contribution is 9.11. The number of rotatable bonds is 3. The second-order valence-corrected chi connectivity index (χ2v) is 7.65. The average Bonchev–Trinajstić information content (AvgIpc) is 2.34. The third-order valence-corrected chi connectivity index (χ3v) is 5.42. The molecule has 0 heterocycles. The summed E-state index contributed by atoms with van der Waals surface area (Å²) in [5.74, 6) is 0.893. The van der Waals surface area contributed by atoms with Gasteiger partial charge < -0.3 is 5.32 Å². The molecule has 0 amide bonds. The lowest BCUT2D eigenvalue weighted by Crippen LogP contribution is -2.27. The van der Waals surface area contributed by atoms with Gasteiger partial charge in [0.2, 0.25) is 0 Å². The van der Waals surface area contributed by atoms with Gasteiger partial charge in [0.25, 0.3) is 0 Å². The maximum atomic E-state index is 3.69. The Hall–Kier alpha value is 0.460. The summed E-state index contributed by atoms with van der Waals surface area (Å²) in [6.45, 7) is 2.30. The van der Waals surface area contributed by atoms with E-state index < -0.39 is 0 Å². The minimum atomic E-state index is 0.609. The van der Waals surface area contributed by atoms with Crippen molar-refractivity contribution in [2.75, 3.05) is 5.32 Å². The van der Waals surface area contributed by atoms with Crippen LogP contribution in [0.4, 0.5) is 5.69 Å². The maximum Gasteiger partial charge on any atom is 0.0631 e. The Kier molecular flexibility index (Phi) is 5.58. The number of anilines is 1. The number of nitrogens with one attached hydrogen (secondary N) is 1. The molecule has 4 heteroatoms. The predicted octanol–water partition coefficient (Wildman–Crippen LogP) is 6.35. The largest absolute Gasteiger partial charge is 0.380 e. The van der Waals surface area contributed by atoms with E-state index >= 15 is 0 Å². The molecule has 0 aliphatic heterocycles. The molecule has 2 atom stereocenters. The van der Waals surface area contributed by atoms with E-state index in [2.05, 4.69) is 72.2 Å². The molecule has 1 nitrogen and oxygen atoms in total. The van der Waals surface area contributed by atoms with E-state index in [-0.39, 0.29) is 0 Å². The summed E-state index contributed by atoms with van der Waals surface area (Å²) >= 11 is 10.8. The van der Waals surface area contributed by atoms with Gasteiger partial charge in [-0.25, -0.2) is 0 Å². The predicted molar refractivity (Wildman–Crippen MR) is 89.2 cm³/mol. The van der Waals surface area contributed by atoms with Crippen LogP contribution in [0.2, 0.25) is 0 Å². The van der Waals surface area contributed by atoms with Crippen LogP contribution in [0, 0.1) is 5.92 Å². The first-order valence-corrected chi connectivity index (χ1v) is 8.89. The molecule has 1 fully saturated rings. The molecule has 2 rings (SSSR count). The highest BCUT2D eigenvalue weighted by Crippen LogP contribution is 2.37. The number of halogens is 3. The van der Waals surface area contributed by atoms with Crippen molar-refractivity contribution in [1.29, 1.82) is 0 Å². The van der Waals surface area contributed by atoms with Crippen molar-refractivity contribution < 1.29 is 0 Å². The van der Waals surface area contributed by atoms with Crippen molar-refractivity contribution in [3.05, 3.63) is 25.6 Å². The number of hydrogen-bond donors (Lipinski definition) is 1. The lowest BCUT2D eigenvalue weighted by molar-refractivity contribution is 0.327. The van der Waals surface area contributed by atoms with E-state index in [4.69, 9.17) is 0 Å². The van der Waals surface area contributed by atoms with Crippen LogP contribution in [-0.4, -0.2) is 6.04 Å². The standard InChI is InChI=1S/C14H18Br3N/c1-2-9-4-3-5-11(6-9)18-14-12(16)7-10(15)8-13(14)17/h7-9,11,18H,2-6H2,1H3. The van der Waals surface area contributed by atoms with Crippen LogP contribution < -0.4 is 5.32 Å². The Morgan fingerprint density at radius 2 is 1.83 bits per heavy atom. The van der Waals surface area contributed by atoms with Gasteiger partial charge in [0.1, 0.15) is 0 Å². The molecule has 0 aromatic heterocycles. The van der Waals surface area contributed by atoms with Gasteiger partial charge in [-0.2, -0.15) is 0 Å². The van der Waals surface area contributed by atoms with Crippen LogP contribution in [0.1, 0.15) is 39.0 Å². The lowest BCUT2D eigenvalue weighted by atomic mass is 9.84. The first-order valence-electron chi connectivity index (χ1n) is 6.51. The number of hydrogen-bond acceptors (Lipinski definition) is 1. The van der Waals surface area contributed by atoms with Crippen molar-refractivity contribution in [1.82, 2.24) is 0 Å². The third-order valence-electron chi connectivity index (χ3n) is 3.72. The minimum Gasteiger partial charge on any atom is -0.380 e. The van der Waals surface area contributed by atoms with Gasteiger partial charge in [0, 0.05) is 19.5 Å². The molecule has 1 saturated carbocycles. The molecule has 1 aliphatic rings. The lowest BCUT2D eigenvalue weighted by Gasteiger charge is -2.30. The molecule has 0 bridgehead atoms. The van der Waals surface area contributed by atoms with Gasteiger partial charge in [-0.1, -0.05) is 42.1 Å². The van der Waals surface area contributed by atoms with E-state index in [0.29, 0.717) is 6.04 Å². The summed E-state index contributed by atoms with van der Waals surface area (Å²) in [7, 11) is 0. The molecule has 1 N–H and O–H groups in total. The van der Waals surface area contributed by atoms with E-state index in [1.165, 1.54) is 37.8 Å². The van der Waals surface area contributed by atoms with Gasteiger partial charge >= 0.3 is 0 Å². The van der Waals surface area contributed by atoms with Gasteiger partial charge in [0.15, 0.2) is 0 Å². The topological polar surface area (TPSA) is 12.0 Å². The van der Waals surface area contributed by atoms with E-state index in [1.54, 1.807) is 0 Å². The highest BCUT2D eigenvalue weighted by Gasteiger charge is 2.21. The fourth-order valence-electron chi connectivity index (χ4n) is 2.68. The highest BCUT2D eigenvalue weighted by atomic mass is 79.9. The Morgan fingerprint density at radius 1 is 1.17 bits per heavy atom. The molecule has 1 aromatic carbocycles. The Morgan fingerprint density at radius 3 is 2.44 bits per heavy atom. The van der Waals surface area contributed by atoms with Crippen molar-refractivity contribution in [3.8, 4) is 0 Å². The first-order chi connectivity index (χ1) is 8.60. The van der Waals surface area contributed by atoms with Crippen molar-refractivity contribution >= 4 is 53.5 Å².